The molecule has 2 rings (SSSR count). The van der Waals surface area contributed by atoms with Gasteiger partial charge in [0.1, 0.15) is 18.1 Å². The molecule has 0 bridgehead atoms. The number of hydrogen-bond donors (Lipinski definition) is 2. The van der Waals surface area contributed by atoms with Crippen molar-refractivity contribution in [3.05, 3.63) is 23.7 Å². The minimum absolute atomic E-state index is 0. The van der Waals surface area contributed by atoms with Crippen molar-refractivity contribution in [1.82, 2.24) is 10.2 Å². The molecule has 0 radical (unpaired) electrons. The first-order valence-electron chi connectivity index (χ1n) is 7.35. The van der Waals surface area contributed by atoms with E-state index in [4.69, 9.17) is 9.52 Å². The van der Waals surface area contributed by atoms with Crippen LogP contribution in [-0.4, -0.2) is 36.2 Å². The van der Waals surface area contributed by atoms with E-state index < -0.39 is 0 Å². The summed E-state index contributed by atoms with van der Waals surface area (Å²) in [5.74, 6) is 2.38. The first-order chi connectivity index (χ1) is 9.20. The highest BCUT2D eigenvalue weighted by Gasteiger charge is 2.24. The van der Waals surface area contributed by atoms with E-state index in [1.165, 1.54) is 6.42 Å². The third kappa shape index (κ3) is 6.17. The van der Waals surface area contributed by atoms with Gasteiger partial charge in [0.05, 0.1) is 6.04 Å². The highest BCUT2D eigenvalue weighted by molar-refractivity contribution is 5.85. The van der Waals surface area contributed by atoms with Gasteiger partial charge in [-0.05, 0) is 30.9 Å². The Labute approximate surface area is 140 Å². The molecule has 4 nitrogen and oxygen atoms in total. The van der Waals surface area contributed by atoms with E-state index in [9.17, 15) is 0 Å². The number of aliphatic hydroxyl groups excluding tert-OH is 1. The van der Waals surface area contributed by atoms with Gasteiger partial charge in [0.15, 0.2) is 0 Å². The molecule has 6 heteroatoms. The normalized spacial score (nSPS) is 17.1. The SMILES string of the molecule is CC(C)CC[C@@H](c1ccc(CO)o1)N1CCNCC1.Cl.Cl. The Kier molecular flexibility index (Phi) is 10.3. The molecule has 2 N–H and O–H groups in total. The van der Waals surface area contributed by atoms with E-state index in [1.807, 2.05) is 12.1 Å². The lowest BCUT2D eigenvalue weighted by Gasteiger charge is -2.34. The molecule has 1 aliphatic heterocycles. The molecule has 1 aromatic rings. The van der Waals surface area contributed by atoms with E-state index in [0.29, 0.717) is 17.7 Å². The smallest absolute Gasteiger partial charge is 0.129 e. The Morgan fingerprint density at radius 2 is 1.86 bits per heavy atom. The first-order valence-corrected chi connectivity index (χ1v) is 7.35. The molecular formula is C15H28Cl2N2O2. The van der Waals surface area contributed by atoms with Crippen LogP contribution >= 0.6 is 24.8 Å². The molecule has 21 heavy (non-hydrogen) atoms. The van der Waals surface area contributed by atoms with Gasteiger partial charge in [0, 0.05) is 26.2 Å². The van der Waals surface area contributed by atoms with Crippen LogP contribution in [0.25, 0.3) is 0 Å². The van der Waals surface area contributed by atoms with Gasteiger partial charge in [0.2, 0.25) is 0 Å². The number of aliphatic hydroxyl groups is 1. The predicted molar refractivity (Wildman–Crippen MR) is 90.4 cm³/mol. The third-order valence-electron chi connectivity index (χ3n) is 3.78. The third-order valence-corrected chi connectivity index (χ3v) is 3.78. The van der Waals surface area contributed by atoms with E-state index in [2.05, 4.69) is 24.1 Å². The maximum atomic E-state index is 9.14. The zero-order valence-corrected chi connectivity index (χ0v) is 14.5. The number of nitrogens with one attached hydrogen (secondary N) is 1. The molecule has 0 amide bonds. The van der Waals surface area contributed by atoms with Crippen LogP contribution in [0.5, 0.6) is 0 Å². The van der Waals surface area contributed by atoms with Crippen molar-refractivity contribution in [3.63, 3.8) is 0 Å². The van der Waals surface area contributed by atoms with Crippen LogP contribution in [0.2, 0.25) is 0 Å². The molecule has 124 valence electrons. The summed E-state index contributed by atoms with van der Waals surface area (Å²) in [6.07, 6.45) is 2.32. The minimum atomic E-state index is -0.0154. The molecule has 0 aromatic carbocycles. The van der Waals surface area contributed by atoms with Crippen molar-refractivity contribution in [1.29, 1.82) is 0 Å². The predicted octanol–water partition coefficient (Wildman–Crippen LogP) is 3.00. The number of furan rings is 1. The van der Waals surface area contributed by atoms with Crippen LogP contribution in [0.15, 0.2) is 16.5 Å². The molecule has 1 aromatic heterocycles. The average Bonchev–Trinajstić information content (AvgIpc) is 2.89. The Hall–Kier alpha value is -0.260. The van der Waals surface area contributed by atoms with E-state index in [0.717, 1.165) is 38.4 Å². The lowest BCUT2D eigenvalue weighted by Crippen LogP contribution is -2.45. The maximum Gasteiger partial charge on any atom is 0.129 e. The Bertz CT molecular complexity index is 380. The number of nitrogens with zero attached hydrogens (tertiary/aromatic N) is 1. The second-order valence-electron chi connectivity index (χ2n) is 5.74. The summed E-state index contributed by atoms with van der Waals surface area (Å²) in [5.41, 5.74) is 0. The summed E-state index contributed by atoms with van der Waals surface area (Å²) in [5, 5.41) is 12.5. The second kappa shape index (κ2) is 10.5. The minimum Gasteiger partial charge on any atom is -0.462 e. The van der Waals surface area contributed by atoms with Crippen LogP contribution in [0.3, 0.4) is 0 Å². The average molecular weight is 339 g/mol. The van der Waals surface area contributed by atoms with Crippen LogP contribution in [-0.2, 0) is 6.61 Å². The summed E-state index contributed by atoms with van der Waals surface area (Å²) in [4.78, 5) is 2.50. The van der Waals surface area contributed by atoms with Crippen LogP contribution < -0.4 is 5.32 Å². The molecule has 0 aliphatic carbocycles. The summed E-state index contributed by atoms with van der Waals surface area (Å²) in [6, 6.07) is 4.27. The topological polar surface area (TPSA) is 48.6 Å². The molecular weight excluding hydrogens is 311 g/mol. The maximum absolute atomic E-state index is 9.14. The lowest BCUT2D eigenvalue weighted by atomic mass is 10.00. The Morgan fingerprint density at radius 1 is 1.19 bits per heavy atom. The first kappa shape index (κ1) is 20.7. The van der Waals surface area contributed by atoms with Gasteiger partial charge in [-0.25, -0.2) is 0 Å². The second-order valence-corrected chi connectivity index (χ2v) is 5.74. The molecule has 0 unspecified atom stereocenters. The van der Waals surface area contributed by atoms with Crippen LogP contribution in [0.1, 0.15) is 44.3 Å². The van der Waals surface area contributed by atoms with Crippen LogP contribution in [0, 0.1) is 5.92 Å². The molecule has 1 aliphatic rings. The Morgan fingerprint density at radius 3 is 2.38 bits per heavy atom. The van der Waals surface area contributed by atoms with Crippen molar-refractivity contribution in [2.45, 2.75) is 39.3 Å². The zero-order valence-electron chi connectivity index (χ0n) is 12.9. The molecule has 1 fully saturated rings. The van der Waals surface area contributed by atoms with Crippen molar-refractivity contribution < 1.29 is 9.52 Å². The molecule has 1 saturated heterocycles. The number of halogens is 2. The zero-order chi connectivity index (χ0) is 13.7. The van der Waals surface area contributed by atoms with E-state index >= 15 is 0 Å². The summed E-state index contributed by atoms with van der Waals surface area (Å²) < 4.78 is 5.77. The fourth-order valence-electron chi connectivity index (χ4n) is 2.65. The number of rotatable bonds is 6. The van der Waals surface area contributed by atoms with Crippen molar-refractivity contribution in [2.24, 2.45) is 5.92 Å². The van der Waals surface area contributed by atoms with E-state index in [1.54, 1.807) is 0 Å². The van der Waals surface area contributed by atoms with Gasteiger partial charge < -0.3 is 14.8 Å². The summed E-state index contributed by atoms with van der Waals surface area (Å²) in [7, 11) is 0. The van der Waals surface area contributed by atoms with Gasteiger partial charge in [-0.1, -0.05) is 13.8 Å². The molecule has 1 atom stereocenters. The number of hydrogen-bond acceptors (Lipinski definition) is 4. The van der Waals surface area contributed by atoms with E-state index in [-0.39, 0.29) is 31.4 Å². The van der Waals surface area contributed by atoms with Gasteiger partial charge in [-0.15, -0.1) is 24.8 Å². The van der Waals surface area contributed by atoms with Gasteiger partial charge in [-0.3, -0.25) is 4.90 Å². The fourth-order valence-corrected chi connectivity index (χ4v) is 2.65. The van der Waals surface area contributed by atoms with Crippen molar-refractivity contribution >= 4 is 24.8 Å². The standard InChI is InChI=1S/C15H26N2O2.2ClH/c1-12(2)3-5-14(17-9-7-16-8-10-17)15-6-4-13(11-18)19-15;;/h4,6,12,14,16,18H,3,5,7-11H2,1-2H3;2*1H/t14-;;/m0../s1. The van der Waals surface area contributed by atoms with Gasteiger partial charge in [0.25, 0.3) is 0 Å². The van der Waals surface area contributed by atoms with Gasteiger partial charge >= 0.3 is 0 Å². The molecule has 0 saturated carbocycles. The fraction of sp³-hybridized carbons (Fsp3) is 0.733. The highest BCUT2D eigenvalue weighted by atomic mass is 35.5. The monoisotopic (exact) mass is 338 g/mol. The summed E-state index contributed by atoms with van der Waals surface area (Å²) in [6.45, 7) is 8.73. The molecule has 0 spiro atoms. The summed E-state index contributed by atoms with van der Waals surface area (Å²) >= 11 is 0. The number of piperazine rings is 1. The molecule has 2 heterocycles. The largest absolute Gasteiger partial charge is 0.462 e. The van der Waals surface area contributed by atoms with Crippen molar-refractivity contribution in [2.75, 3.05) is 26.2 Å². The highest BCUT2D eigenvalue weighted by Crippen LogP contribution is 2.29. The lowest BCUT2D eigenvalue weighted by molar-refractivity contribution is 0.136. The quantitative estimate of drug-likeness (QED) is 0.837. The van der Waals surface area contributed by atoms with Gasteiger partial charge in [-0.2, -0.15) is 0 Å². The van der Waals surface area contributed by atoms with Crippen LogP contribution in [0.4, 0.5) is 0 Å². The van der Waals surface area contributed by atoms with Crippen molar-refractivity contribution in [3.8, 4) is 0 Å². The Balaban J connectivity index is 0.00000200.